The first kappa shape index (κ1) is 30.6. The van der Waals surface area contributed by atoms with Gasteiger partial charge < -0.3 is 50.8 Å². The number of aliphatic hydroxyl groups is 4. The van der Waals surface area contributed by atoms with Gasteiger partial charge in [-0.2, -0.15) is 0 Å². The number of allylic oxidation sites excluding steroid dienone is 1. The molecule has 0 saturated carbocycles. The van der Waals surface area contributed by atoms with Gasteiger partial charge in [0.1, 0.15) is 53.0 Å². The predicted octanol–water partition coefficient (Wildman–Crippen LogP) is 0.129. The van der Waals surface area contributed by atoms with Crippen molar-refractivity contribution in [2.75, 3.05) is 12.4 Å². The lowest BCUT2D eigenvalue weighted by molar-refractivity contribution is -0.205. The molecule has 2 aliphatic rings. The fraction of sp³-hybridized carbons (Fsp3) is 0.500. The molecule has 1 aromatic rings. The highest BCUT2D eigenvalue weighted by Gasteiger charge is 2.43. The maximum Gasteiger partial charge on any atom is 0.342 e. The summed E-state index contributed by atoms with van der Waals surface area (Å²) < 4.78 is 10.8. The molecule has 13 heteroatoms. The predicted molar refractivity (Wildman–Crippen MR) is 142 cm³/mol. The number of phenolic OH excluding ortho intramolecular Hbond substituents is 2. The number of carbonyl (C=O) groups excluding carboxylic acids is 2. The van der Waals surface area contributed by atoms with Gasteiger partial charge in [-0.15, -0.1) is 11.8 Å². The number of carbonyl (C=O) groups is 2. The zero-order chi connectivity index (χ0) is 28.7. The van der Waals surface area contributed by atoms with Gasteiger partial charge >= 0.3 is 5.97 Å². The molecule has 1 fully saturated rings. The van der Waals surface area contributed by atoms with Crippen LogP contribution in [0.4, 0.5) is 0 Å². The van der Waals surface area contributed by atoms with Crippen molar-refractivity contribution in [3.05, 3.63) is 47.6 Å². The van der Waals surface area contributed by atoms with Crippen LogP contribution < -0.4 is 5.32 Å². The first-order chi connectivity index (χ1) is 18.5. The van der Waals surface area contributed by atoms with Crippen molar-refractivity contribution in [3.8, 4) is 11.5 Å². The number of hydrogen-bond acceptors (Lipinski definition) is 12. The highest BCUT2D eigenvalue weighted by Crippen LogP contribution is 2.30. The van der Waals surface area contributed by atoms with Crippen LogP contribution in [0, 0.1) is 5.41 Å². The summed E-state index contributed by atoms with van der Waals surface area (Å²) in [5.41, 5.74) is -0.821. The van der Waals surface area contributed by atoms with Gasteiger partial charge in [0.05, 0.1) is 18.4 Å². The van der Waals surface area contributed by atoms with Crippen molar-refractivity contribution >= 4 is 29.4 Å². The third-order valence-electron chi connectivity index (χ3n) is 6.20. The highest BCUT2D eigenvalue weighted by molar-refractivity contribution is 8.00. The van der Waals surface area contributed by atoms with Crippen LogP contribution in [0.2, 0.25) is 0 Å². The van der Waals surface area contributed by atoms with Gasteiger partial charge in [-0.25, -0.2) is 4.79 Å². The minimum atomic E-state index is -1.53. The van der Waals surface area contributed by atoms with Gasteiger partial charge in [-0.1, -0.05) is 18.2 Å². The molecular weight excluding hydrogens is 532 g/mol. The van der Waals surface area contributed by atoms with Crippen molar-refractivity contribution < 1.29 is 49.7 Å². The second kappa shape index (κ2) is 13.9. The summed E-state index contributed by atoms with van der Waals surface area (Å²) in [6.45, 7) is 1.10. The van der Waals surface area contributed by atoms with Gasteiger partial charge in [-0.05, 0) is 31.1 Å². The molecule has 8 N–H and O–H groups in total. The van der Waals surface area contributed by atoms with E-state index in [-0.39, 0.29) is 34.8 Å². The Bertz CT molecular complexity index is 1110. The number of phenols is 2. The van der Waals surface area contributed by atoms with Crippen LogP contribution in [0.25, 0.3) is 0 Å². The van der Waals surface area contributed by atoms with Crippen LogP contribution >= 0.6 is 11.8 Å². The molecule has 3 rings (SSSR count). The van der Waals surface area contributed by atoms with Crippen LogP contribution in [0.5, 0.6) is 11.5 Å². The lowest BCUT2D eigenvalue weighted by Crippen LogP contribution is -2.57. The molecule has 0 aromatic heterocycles. The number of hydrogen-bond donors (Lipinski definition) is 8. The van der Waals surface area contributed by atoms with E-state index in [9.17, 15) is 40.2 Å². The van der Waals surface area contributed by atoms with E-state index in [0.717, 1.165) is 17.8 Å². The van der Waals surface area contributed by atoms with E-state index in [2.05, 4.69) is 5.32 Å². The Morgan fingerprint density at radius 2 is 1.87 bits per heavy atom. The molecule has 2 heterocycles. The molecule has 214 valence electrons. The van der Waals surface area contributed by atoms with Crippen molar-refractivity contribution in [1.29, 1.82) is 5.41 Å². The fourth-order valence-electron chi connectivity index (χ4n) is 4.19. The van der Waals surface area contributed by atoms with Crippen molar-refractivity contribution in [2.24, 2.45) is 0 Å². The average molecular weight is 567 g/mol. The smallest absolute Gasteiger partial charge is 0.342 e. The van der Waals surface area contributed by atoms with Crippen molar-refractivity contribution in [2.45, 2.75) is 68.2 Å². The van der Waals surface area contributed by atoms with E-state index < -0.39 is 66.2 Å². The third-order valence-corrected chi connectivity index (χ3v) is 7.34. The highest BCUT2D eigenvalue weighted by atomic mass is 32.2. The molecule has 7 atom stereocenters. The van der Waals surface area contributed by atoms with E-state index in [1.807, 2.05) is 0 Å². The number of rotatable bonds is 5. The van der Waals surface area contributed by atoms with Crippen LogP contribution in [-0.4, -0.2) is 103 Å². The maximum atomic E-state index is 12.7. The number of fused-ring (bicyclic) bond motifs is 1. The summed E-state index contributed by atoms with van der Waals surface area (Å²) in [6.07, 6.45) is 1.10. The lowest BCUT2D eigenvalue weighted by Gasteiger charge is -2.39. The monoisotopic (exact) mass is 566 g/mol. The van der Waals surface area contributed by atoms with E-state index in [4.69, 9.17) is 14.9 Å². The molecule has 0 bridgehead atoms. The molecule has 0 radical (unpaired) electrons. The van der Waals surface area contributed by atoms with E-state index in [0.29, 0.717) is 12.8 Å². The molecule has 2 aliphatic heterocycles. The van der Waals surface area contributed by atoms with Gasteiger partial charge in [0.2, 0.25) is 5.91 Å². The standard InChI is InChI=1S/C26H34N2O10S/c1-13-4-2-6-16(28-20(32)12-39-26-24(35)23(34)22(33)19(11-29)38-26)7-3-5-15(27)8-14-9-17(30)10-18(31)21(14)25(36)37-13/h2-3,5-6,9-10,13,16,19,22-24,26-27,29-31,33-35H,4,7-8,11-12H2,1H3,(H,28,32)/b5-3+,6-2+,27-15?/t13-,16-,19?,22+,23-,24?,26-/m1/s1. The topological polar surface area (TPSA) is 210 Å². The van der Waals surface area contributed by atoms with Gasteiger partial charge in [0.15, 0.2) is 0 Å². The largest absolute Gasteiger partial charge is 0.508 e. The van der Waals surface area contributed by atoms with E-state index in [1.165, 1.54) is 12.1 Å². The Hall–Kier alpha value is -2.94. The summed E-state index contributed by atoms with van der Waals surface area (Å²) in [4.78, 5) is 25.4. The molecule has 39 heavy (non-hydrogen) atoms. The normalized spacial score (nSPS) is 31.9. The third kappa shape index (κ3) is 8.27. The molecule has 0 spiro atoms. The molecule has 0 aliphatic carbocycles. The minimum absolute atomic E-state index is 0.0557. The number of aliphatic hydroxyl groups excluding tert-OH is 4. The average Bonchev–Trinajstić information content (AvgIpc) is 2.85. The summed E-state index contributed by atoms with van der Waals surface area (Å²) in [6, 6.07) is 1.85. The number of thioether (sulfide) groups is 1. The van der Waals surface area contributed by atoms with Crippen LogP contribution in [0.1, 0.15) is 35.7 Å². The molecular formula is C26H34N2O10S. The fourth-order valence-corrected chi connectivity index (χ4v) is 5.16. The summed E-state index contributed by atoms with van der Waals surface area (Å²) in [5, 5.41) is 70.5. The SMILES string of the molecule is C[C@@H]1C/C=C/[C@@H](NC(=O)CS[C@H]2OC(CO)[C@H](O)[C@@H](O)C2O)C/C=C/C(=N)Cc2cc(O)cc(O)c2C(=O)O1. The van der Waals surface area contributed by atoms with E-state index in [1.54, 1.807) is 25.2 Å². The maximum absolute atomic E-state index is 12.7. The Labute approximate surface area is 229 Å². The minimum Gasteiger partial charge on any atom is -0.508 e. The molecule has 1 amide bonds. The molecule has 12 nitrogen and oxygen atoms in total. The van der Waals surface area contributed by atoms with Crippen LogP contribution in [0.3, 0.4) is 0 Å². The summed E-state index contributed by atoms with van der Waals surface area (Å²) >= 11 is 0.911. The summed E-state index contributed by atoms with van der Waals surface area (Å²) in [5.74, 6) is -2.03. The Balaban J connectivity index is 1.67. The Morgan fingerprint density at radius 3 is 2.59 bits per heavy atom. The van der Waals surface area contributed by atoms with Crippen molar-refractivity contribution in [1.82, 2.24) is 5.32 Å². The summed E-state index contributed by atoms with van der Waals surface area (Å²) in [7, 11) is 0. The molecule has 2 unspecified atom stereocenters. The number of nitrogens with one attached hydrogen (secondary N) is 2. The second-order valence-corrected chi connectivity index (χ2v) is 10.5. The van der Waals surface area contributed by atoms with Crippen LogP contribution in [0.15, 0.2) is 36.4 Å². The van der Waals surface area contributed by atoms with Crippen LogP contribution in [-0.2, 0) is 20.7 Å². The van der Waals surface area contributed by atoms with E-state index >= 15 is 0 Å². The molecule has 1 saturated heterocycles. The first-order valence-electron chi connectivity index (χ1n) is 12.4. The van der Waals surface area contributed by atoms with Gasteiger partial charge in [0, 0.05) is 24.6 Å². The number of esters is 1. The number of cyclic esters (lactones) is 1. The lowest BCUT2D eigenvalue weighted by atomic mass is 9.99. The van der Waals surface area contributed by atoms with Gasteiger partial charge in [-0.3, -0.25) is 4.79 Å². The first-order valence-corrected chi connectivity index (χ1v) is 13.4. The Kier molecular flexibility index (Phi) is 10.9. The molecule has 1 aromatic carbocycles. The van der Waals surface area contributed by atoms with Crippen molar-refractivity contribution in [3.63, 3.8) is 0 Å². The number of amides is 1. The quantitative estimate of drug-likeness (QED) is 0.177. The zero-order valence-electron chi connectivity index (χ0n) is 21.3. The number of ether oxygens (including phenoxy) is 2. The number of benzene rings is 1. The zero-order valence-corrected chi connectivity index (χ0v) is 22.1. The second-order valence-electron chi connectivity index (χ2n) is 9.40. The van der Waals surface area contributed by atoms with Gasteiger partial charge in [0.25, 0.3) is 0 Å². The number of aromatic hydroxyl groups is 2. The Morgan fingerprint density at radius 1 is 1.13 bits per heavy atom.